The number of rotatable bonds is 5. The number of nitrogens with zero attached hydrogens (tertiary/aromatic N) is 2. The van der Waals surface area contributed by atoms with Gasteiger partial charge in [-0.05, 0) is 45.4 Å². The summed E-state index contributed by atoms with van der Waals surface area (Å²) in [5.41, 5.74) is 9.89. The first-order valence-corrected chi connectivity index (χ1v) is 6.19. The molecule has 0 aliphatic heterocycles. The predicted molar refractivity (Wildman–Crippen MR) is 67.6 cm³/mol. The highest BCUT2D eigenvalue weighted by Gasteiger charge is 2.26. The van der Waals surface area contributed by atoms with E-state index in [0.717, 1.165) is 25.7 Å². The first-order chi connectivity index (χ1) is 7.63. The molecule has 16 heavy (non-hydrogen) atoms. The fraction of sp³-hybridized carbons (Fsp3) is 0.692. The smallest absolute Gasteiger partial charge is 0.0337 e. The highest BCUT2D eigenvalue weighted by atomic mass is 15.1. The second-order valence-electron chi connectivity index (χ2n) is 5.02. The summed E-state index contributed by atoms with van der Waals surface area (Å²) in [6, 6.07) is 3.12. The minimum atomic E-state index is 0.734. The fourth-order valence-corrected chi connectivity index (χ4v) is 2.49. The molecule has 3 heteroatoms. The molecule has 1 aromatic heterocycles. The minimum absolute atomic E-state index is 0.734. The number of aromatic nitrogens is 1. The monoisotopic (exact) mass is 221 g/mol. The van der Waals surface area contributed by atoms with E-state index in [1.807, 2.05) is 0 Å². The van der Waals surface area contributed by atoms with Crippen LogP contribution in [0.15, 0.2) is 6.07 Å². The molecule has 0 atom stereocenters. The Morgan fingerprint density at radius 2 is 2.12 bits per heavy atom. The molecule has 1 heterocycles. The largest absolute Gasteiger partial charge is 0.346 e. The molecule has 0 amide bonds. The van der Waals surface area contributed by atoms with Crippen molar-refractivity contribution in [3.8, 4) is 0 Å². The van der Waals surface area contributed by atoms with Crippen LogP contribution >= 0.6 is 0 Å². The van der Waals surface area contributed by atoms with E-state index in [9.17, 15) is 0 Å². The van der Waals surface area contributed by atoms with E-state index in [1.54, 1.807) is 0 Å². The Kier molecular flexibility index (Phi) is 3.36. The van der Waals surface area contributed by atoms with Crippen molar-refractivity contribution in [1.82, 2.24) is 9.47 Å². The molecule has 0 saturated heterocycles. The summed E-state index contributed by atoms with van der Waals surface area (Å²) >= 11 is 0. The van der Waals surface area contributed by atoms with Crippen molar-refractivity contribution < 1.29 is 0 Å². The molecule has 1 aliphatic rings. The number of hydrogen-bond acceptors (Lipinski definition) is 2. The van der Waals surface area contributed by atoms with Gasteiger partial charge >= 0.3 is 0 Å². The molecule has 0 spiro atoms. The Bertz CT molecular complexity index is 363. The van der Waals surface area contributed by atoms with Gasteiger partial charge in [0, 0.05) is 37.1 Å². The summed E-state index contributed by atoms with van der Waals surface area (Å²) in [6.07, 6.45) is 2.71. The molecule has 0 aromatic carbocycles. The van der Waals surface area contributed by atoms with Gasteiger partial charge in [-0.1, -0.05) is 0 Å². The first-order valence-electron chi connectivity index (χ1n) is 6.19. The molecule has 0 radical (unpaired) electrons. The molecule has 1 saturated carbocycles. The maximum absolute atomic E-state index is 5.57. The average Bonchev–Trinajstić information content (AvgIpc) is 2.97. The van der Waals surface area contributed by atoms with Crippen LogP contribution in [0, 0.1) is 13.8 Å². The molecule has 3 nitrogen and oxygen atoms in total. The summed E-state index contributed by atoms with van der Waals surface area (Å²) in [5.74, 6) is 0. The summed E-state index contributed by atoms with van der Waals surface area (Å²) < 4.78 is 2.51. The number of likely N-dealkylation sites (N-methyl/N-ethyl adjacent to an activating group) is 1. The van der Waals surface area contributed by atoms with Crippen molar-refractivity contribution in [3.63, 3.8) is 0 Å². The lowest BCUT2D eigenvalue weighted by molar-refractivity contribution is 0.335. The molecular formula is C13H23N3. The zero-order valence-corrected chi connectivity index (χ0v) is 10.7. The Morgan fingerprint density at radius 3 is 2.69 bits per heavy atom. The summed E-state index contributed by atoms with van der Waals surface area (Å²) in [6.45, 7) is 7.18. The van der Waals surface area contributed by atoms with Crippen LogP contribution in [0.4, 0.5) is 0 Å². The Hall–Kier alpha value is -0.800. The second kappa shape index (κ2) is 4.60. The van der Waals surface area contributed by atoms with E-state index in [4.69, 9.17) is 5.73 Å². The third-order valence-electron chi connectivity index (χ3n) is 3.45. The zero-order valence-electron chi connectivity index (χ0n) is 10.7. The van der Waals surface area contributed by atoms with E-state index < -0.39 is 0 Å². The lowest BCUT2D eigenvalue weighted by Gasteiger charge is -2.15. The number of aryl methyl sites for hydroxylation is 1. The molecule has 1 aliphatic carbocycles. The van der Waals surface area contributed by atoms with Crippen LogP contribution in [0.2, 0.25) is 0 Å². The van der Waals surface area contributed by atoms with Crippen LogP contribution in [-0.2, 0) is 6.54 Å². The molecule has 0 unspecified atom stereocenters. The van der Waals surface area contributed by atoms with Crippen molar-refractivity contribution in [1.29, 1.82) is 0 Å². The van der Waals surface area contributed by atoms with E-state index >= 15 is 0 Å². The van der Waals surface area contributed by atoms with Gasteiger partial charge in [0.05, 0.1) is 0 Å². The van der Waals surface area contributed by atoms with E-state index in [-0.39, 0.29) is 0 Å². The van der Waals surface area contributed by atoms with Crippen LogP contribution in [0.25, 0.3) is 0 Å². The van der Waals surface area contributed by atoms with Crippen LogP contribution in [0.3, 0.4) is 0 Å². The Morgan fingerprint density at radius 1 is 1.44 bits per heavy atom. The van der Waals surface area contributed by atoms with Gasteiger partial charge in [0.15, 0.2) is 0 Å². The molecule has 2 rings (SSSR count). The lowest BCUT2D eigenvalue weighted by atomic mass is 10.2. The number of hydrogen-bond donors (Lipinski definition) is 1. The van der Waals surface area contributed by atoms with Gasteiger partial charge in [-0.15, -0.1) is 0 Å². The molecule has 90 valence electrons. The van der Waals surface area contributed by atoms with E-state index in [0.29, 0.717) is 0 Å². The van der Waals surface area contributed by atoms with Crippen molar-refractivity contribution in [2.45, 2.75) is 39.3 Å². The topological polar surface area (TPSA) is 34.2 Å². The maximum Gasteiger partial charge on any atom is 0.0337 e. The van der Waals surface area contributed by atoms with Crippen LogP contribution in [-0.4, -0.2) is 29.6 Å². The van der Waals surface area contributed by atoms with E-state index in [2.05, 4.69) is 36.4 Å². The predicted octanol–water partition coefficient (Wildman–Crippen LogP) is 1.83. The van der Waals surface area contributed by atoms with Crippen LogP contribution < -0.4 is 5.73 Å². The number of nitrogens with two attached hydrogens (primary N) is 1. The van der Waals surface area contributed by atoms with Gasteiger partial charge in [-0.2, -0.15) is 0 Å². The summed E-state index contributed by atoms with van der Waals surface area (Å²) in [7, 11) is 2.14. The normalized spacial score (nSPS) is 16.1. The molecule has 0 bridgehead atoms. The Balaban J connectivity index is 2.12. The van der Waals surface area contributed by atoms with Gasteiger partial charge in [0.25, 0.3) is 0 Å². The average molecular weight is 221 g/mol. The van der Waals surface area contributed by atoms with Gasteiger partial charge in [0.1, 0.15) is 0 Å². The zero-order chi connectivity index (χ0) is 11.7. The quantitative estimate of drug-likeness (QED) is 0.823. The molecule has 1 aromatic rings. The van der Waals surface area contributed by atoms with Crippen molar-refractivity contribution in [3.05, 3.63) is 23.0 Å². The SMILES string of the molecule is Cc1cc(CN(C)CCN)c(C)n1C1CC1. The van der Waals surface area contributed by atoms with E-state index in [1.165, 1.54) is 29.8 Å². The molecule has 1 fully saturated rings. The fourth-order valence-electron chi connectivity index (χ4n) is 2.49. The maximum atomic E-state index is 5.57. The second-order valence-corrected chi connectivity index (χ2v) is 5.02. The van der Waals surface area contributed by atoms with Gasteiger partial charge in [-0.3, -0.25) is 0 Å². The van der Waals surface area contributed by atoms with Gasteiger partial charge < -0.3 is 15.2 Å². The summed E-state index contributed by atoms with van der Waals surface area (Å²) in [4.78, 5) is 2.29. The van der Waals surface area contributed by atoms with Crippen molar-refractivity contribution in [2.24, 2.45) is 5.73 Å². The van der Waals surface area contributed by atoms with Crippen LogP contribution in [0.1, 0.15) is 35.8 Å². The third-order valence-corrected chi connectivity index (χ3v) is 3.45. The van der Waals surface area contributed by atoms with Gasteiger partial charge in [-0.25, -0.2) is 0 Å². The van der Waals surface area contributed by atoms with Crippen molar-refractivity contribution in [2.75, 3.05) is 20.1 Å². The minimum Gasteiger partial charge on any atom is -0.346 e. The van der Waals surface area contributed by atoms with Crippen molar-refractivity contribution >= 4 is 0 Å². The molecule has 2 N–H and O–H groups in total. The highest BCUT2D eigenvalue weighted by molar-refractivity contribution is 5.28. The lowest BCUT2D eigenvalue weighted by Crippen LogP contribution is -2.25. The third kappa shape index (κ3) is 2.30. The standard InChI is InChI=1S/C13H23N3/c1-10-8-12(9-15(3)7-6-14)11(2)16(10)13-4-5-13/h8,13H,4-7,9,14H2,1-3H3. The molecular weight excluding hydrogens is 198 g/mol. The Labute approximate surface area is 98.2 Å². The first kappa shape index (κ1) is 11.7. The van der Waals surface area contributed by atoms with Gasteiger partial charge in [0.2, 0.25) is 0 Å². The highest BCUT2D eigenvalue weighted by Crippen LogP contribution is 2.38. The summed E-state index contributed by atoms with van der Waals surface area (Å²) in [5, 5.41) is 0. The van der Waals surface area contributed by atoms with Crippen LogP contribution in [0.5, 0.6) is 0 Å².